The zero-order chi connectivity index (χ0) is 25.7. The molecule has 2 atom stereocenters. The summed E-state index contributed by atoms with van der Waals surface area (Å²) in [6.45, 7) is 1.78. The number of guanidine groups is 1. The molecule has 6 N–H and O–H groups in total. The predicted octanol–water partition coefficient (Wildman–Crippen LogP) is 1.63. The van der Waals surface area contributed by atoms with Crippen molar-refractivity contribution in [3.05, 3.63) is 71.8 Å². The number of benzene rings is 2. The van der Waals surface area contributed by atoms with Gasteiger partial charge < -0.3 is 31.6 Å². The van der Waals surface area contributed by atoms with Crippen LogP contribution in [0.2, 0.25) is 0 Å². The number of nitrogens with two attached hydrogens (primary N) is 2. The summed E-state index contributed by atoms with van der Waals surface area (Å²) >= 11 is 0. The van der Waals surface area contributed by atoms with Crippen molar-refractivity contribution in [2.24, 2.45) is 16.5 Å². The SMILES string of the molecule is COC(=O)[C@H](C)NC(=O)[C@@](CCCN=C(N)N)(Cc1ccccc1)NC(=O)OCc1ccccc1. The summed E-state index contributed by atoms with van der Waals surface area (Å²) < 4.78 is 10.1. The Hall–Kier alpha value is -4.08. The number of aliphatic imine (C=N–C) groups is 1. The predicted molar refractivity (Wildman–Crippen MR) is 132 cm³/mol. The molecule has 0 saturated heterocycles. The van der Waals surface area contributed by atoms with E-state index in [1.165, 1.54) is 14.0 Å². The van der Waals surface area contributed by atoms with Crippen molar-refractivity contribution in [2.75, 3.05) is 13.7 Å². The number of esters is 1. The Labute approximate surface area is 205 Å². The Morgan fingerprint density at radius 3 is 2.17 bits per heavy atom. The molecule has 2 aromatic rings. The molecule has 10 nitrogen and oxygen atoms in total. The molecule has 0 radical (unpaired) electrons. The third-order valence-corrected chi connectivity index (χ3v) is 5.30. The number of hydrogen-bond donors (Lipinski definition) is 4. The van der Waals surface area contributed by atoms with E-state index < -0.39 is 29.6 Å². The summed E-state index contributed by atoms with van der Waals surface area (Å²) in [6, 6.07) is 17.5. The topological polar surface area (TPSA) is 158 Å². The van der Waals surface area contributed by atoms with E-state index in [0.29, 0.717) is 6.42 Å². The minimum atomic E-state index is -1.45. The van der Waals surface area contributed by atoms with Crippen LogP contribution in [-0.2, 0) is 32.1 Å². The molecule has 0 aromatic heterocycles. The van der Waals surface area contributed by atoms with Gasteiger partial charge in [-0.15, -0.1) is 0 Å². The minimum Gasteiger partial charge on any atom is -0.467 e. The van der Waals surface area contributed by atoms with Crippen LogP contribution in [0.1, 0.15) is 30.9 Å². The summed E-state index contributed by atoms with van der Waals surface area (Å²) in [6.07, 6.45) is -0.0641. The summed E-state index contributed by atoms with van der Waals surface area (Å²) in [5.74, 6) is -1.24. The standard InChI is InChI=1S/C25H33N5O5/c1-18(21(31)34-2)29-22(32)25(14-9-15-28-23(26)27,16-19-10-5-3-6-11-19)30-24(33)35-17-20-12-7-4-8-13-20/h3-8,10-13,18H,9,14-17H2,1-2H3,(H,29,32)(H,30,33)(H4,26,27,28)/t18-,25+/m0/s1. The van der Waals surface area contributed by atoms with Gasteiger partial charge >= 0.3 is 12.1 Å². The Kier molecular flexibility index (Phi) is 10.5. The van der Waals surface area contributed by atoms with Crippen LogP contribution < -0.4 is 22.1 Å². The van der Waals surface area contributed by atoms with E-state index in [2.05, 4.69) is 15.6 Å². The zero-order valence-corrected chi connectivity index (χ0v) is 20.0. The second kappa shape index (κ2) is 13.6. The fourth-order valence-electron chi connectivity index (χ4n) is 3.50. The van der Waals surface area contributed by atoms with Crippen molar-refractivity contribution < 1.29 is 23.9 Å². The summed E-state index contributed by atoms with van der Waals surface area (Å²) in [7, 11) is 1.23. The van der Waals surface area contributed by atoms with Crippen LogP contribution in [0, 0.1) is 0 Å². The summed E-state index contributed by atoms with van der Waals surface area (Å²) in [4.78, 5) is 42.4. The molecule has 0 aliphatic heterocycles. The molecule has 10 heteroatoms. The quantitative estimate of drug-likeness (QED) is 0.155. The highest BCUT2D eigenvalue weighted by molar-refractivity contribution is 5.93. The largest absolute Gasteiger partial charge is 0.467 e. The molecule has 0 fully saturated rings. The maximum atomic E-state index is 13.6. The average molecular weight is 484 g/mol. The van der Waals surface area contributed by atoms with E-state index in [4.69, 9.17) is 20.9 Å². The molecule has 0 aliphatic rings. The van der Waals surface area contributed by atoms with Gasteiger partial charge in [0.25, 0.3) is 0 Å². The highest BCUT2D eigenvalue weighted by atomic mass is 16.5. The van der Waals surface area contributed by atoms with Crippen molar-refractivity contribution in [1.29, 1.82) is 0 Å². The van der Waals surface area contributed by atoms with Crippen LogP contribution in [0.4, 0.5) is 4.79 Å². The van der Waals surface area contributed by atoms with Crippen molar-refractivity contribution in [3.63, 3.8) is 0 Å². The summed E-state index contributed by atoms with van der Waals surface area (Å²) in [5.41, 5.74) is 11.0. The Balaban J connectivity index is 2.32. The first kappa shape index (κ1) is 27.2. The van der Waals surface area contributed by atoms with Crippen LogP contribution in [0.15, 0.2) is 65.7 Å². The fourth-order valence-corrected chi connectivity index (χ4v) is 3.50. The van der Waals surface area contributed by atoms with Gasteiger partial charge in [0.2, 0.25) is 5.91 Å². The lowest BCUT2D eigenvalue weighted by molar-refractivity contribution is -0.145. The summed E-state index contributed by atoms with van der Waals surface area (Å²) in [5, 5.41) is 5.41. The molecule has 0 unspecified atom stereocenters. The lowest BCUT2D eigenvalue weighted by Gasteiger charge is -2.34. The third kappa shape index (κ3) is 9.00. The van der Waals surface area contributed by atoms with Crippen LogP contribution >= 0.6 is 0 Å². The lowest BCUT2D eigenvalue weighted by atomic mass is 9.85. The molecule has 2 amide bonds. The van der Waals surface area contributed by atoms with Crippen LogP contribution in [0.25, 0.3) is 0 Å². The van der Waals surface area contributed by atoms with Gasteiger partial charge in [-0.3, -0.25) is 9.79 Å². The number of hydrogen-bond acceptors (Lipinski definition) is 6. The maximum absolute atomic E-state index is 13.6. The smallest absolute Gasteiger partial charge is 0.408 e. The van der Waals surface area contributed by atoms with Crippen LogP contribution in [0.3, 0.4) is 0 Å². The van der Waals surface area contributed by atoms with E-state index in [-0.39, 0.29) is 32.0 Å². The highest BCUT2D eigenvalue weighted by Gasteiger charge is 2.41. The van der Waals surface area contributed by atoms with Crippen molar-refractivity contribution >= 4 is 23.9 Å². The van der Waals surface area contributed by atoms with Gasteiger partial charge in [0.15, 0.2) is 5.96 Å². The Morgan fingerprint density at radius 1 is 1.00 bits per heavy atom. The maximum Gasteiger partial charge on any atom is 0.408 e. The van der Waals surface area contributed by atoms with Gasteiger partial charge in [-0.05, 0) is 30.9 Å². The highest BCUT2D eigenvalue weighted by Crippen LogP contribution is 2.22. The molecule has 2 rings (SSSR count). The number of carbonyl (C=O) groups is 3. The number of methoxy groups -OCH3 is 1. The van der Waals surface area contributed by atoms with Gasteiger partial charge in [-0.25, -0.2) is 9.59 Å². The second-order valence-corrected chi connectivity index (χ2v) is 8.06. The van der Waals surface area contributed by atoms with E-state index in [1.807, 2.05) is 60.7 Å². The molecule has 0 spiro atoms. The molecule has 0 bridgehead atoms. The number of carbonyl (C=O) groups excluding carboxylic acids is 3. The van der Waals surface area contributed by atoms with Gasteiger partial charge in [0.1, 0.15) is 18.2 Å². The molecular weight excluding hydrogens is 450 g/mol. The number of nitrogens with zero attached hydrogens (tertiary/aromatic N) is 1. The van der Waals surface area contributed by atoms with E-state index in [9.17, 15) is 14.4 Å². The van der Waals surface area contributed by atoms with Gasteiger partial charge in [-0.1, -0.05) is 60.7 Å². The first-order valence-corrected chi connectivity index (χ1v) is 11.2. The number of ether oxygens (including phenoxy) is 2. The monoisotopic (exact) mass is 483 g/mol. The third-order valence-electron chi connectivity index (χ3n) is 5.30. The fraction of sp³-hybridized carbons (Fsp3) is 0.360. The van der Waals surface area contributed by atoms with Crippen LogP contribution in [0.5, 0.6) is 0 Å². The molecule has 2 aromatic carbocycles. The molecular formula is C25H33N5O5. The number of amides is 2. The van der Waals surface area contributed by atoms with E-state index in [1.54, 1.807) is 0 Å². The van der Waals surface area contributed by atoms with Gasteiger partial charge in [0.05, 0.1) is 7.11 Å². The van der Waals surface area contributed by atoms with Crippen molar-refractivity contribution in [1.82, 2.24) is 10.6 Å². The molecule has 35 heavy (non-hydrogen) atoms. The zero-order valence-electron chi connectivity index (χ0n) is 20.0. The Bertz CT molecular complexity index is 996. The second-order valence-electron chi connectivity index (χ2n) is 8.06. The Morgan fingerprint density at radius 2 is 1.60 bits per heavy atom. The van der Waals surface area contributed by atoms with E-state index >= 15 is 0 Å². The lowest BCUT2D eigenvalue weighted by Crippen LogP contribution is -2.62. The van der Waals surface area contributed by atoms with Gasteiger partial charge in [0, 0.05) is 13.0 Å². The first-order chi connectivity index (χ1) is 16.8. The van der Waals surface area contributed by atoms with E-state index in [0.717, 1.165) is 11.1 Å². The number of nitrogens with one attached hydrogen (secondary N) is 2. The average Bonchev–Trinajstić information content (AvgIpc) is 2.85. The van der Waals surface area contributed by atoms with Gasteiger partial charge in [-0.2, -0.15) is 0 Å². The van der Waals surface area contributed by atoms with Crippen molar-refractivity contribution in [3.8, 4) is 0 Å². The molecule has 188 valence electrons. The molecule has 0 heterocycles. The number of alkyl carbamates (subject to hydrolysis) is 1. The van der Waals surface area contributed by atoms with Crippen LogP contribution in [-0.4, -0.2) is 49.2 Å². The normalized spacial score (nSPS) is 13.0. The van der Waals surface area contributed by atoms with Crippen molar-refractivity contribution in [2.45, 2.75) is 44.4 Å². The first-order valence-electron chi connectivity index (χ1n) is 11.2. The molecule has 0 saturated carbocycles. The molecule has 0 aliphatic carbocycles. The number of rotatable bonds is 12. The minimum absolute atomic E-state index is 0.0300.